The minimum Gasteiger partial charge on any atom is -0.481 e. The van der Waals surface area contributed by atoms with Crippen LogP contribution < -0.4 is 6.15 Å². The molecule has 1 unspecified atom stereocenters. The van der Waals surface area contributed by atoms with Crippen LogP contribution in [0.2, 0.25) is 0 Å². The second kappa shape index (κ2) is 16.0. The van der Waals surface area contributed by atoms with Gasteiger partial charge in [-0.2, -0.15) is 0 Å². The number of carbonyl (C=O) groups is 1. The standard InChI is InChI=1S/C19H30O2.BrH.H3N/c1-2-3-4-5-6-7-8-12-15-18(19(20)21)16-17-13-10-9-11-14-17;;/h9-11,13-14,18H,2-8,12,15-16H2,1H3,(H,20,21);1H;1H3. The summed E-state index contributed by atoms with van der Waals surface area (Å²) in [5.74, 6) is -0.880. The first kappa shape index (κ1) is 24.4. The van der Waals surface area contributed by atoms with Gasteiger partial charge in [0, 0.05) is 0 Å². The molecule has 0 aliphatic carbocycles. The Balaban J connectivity index is 0. The summed E-state index contributed by atoms with van der Waals surface area (Å²) in [6.07, 6.45) is 11.5. The van der Waals surface area contributed by atoms with Gasteiger partial charge in [-0.1, -0.05) is 88.6 Å². The Labute approximate surface area is 152 Å². The van der Waals surface area contributed by atoms with Crippen LogP contribution in [0.5, 0.6) is 0 Å². The van der Waals surface area contributed by atoms with Crippen LogP contribution in [-0.2, 0) is 11.2 Å². The number of benzene rings is 1. The van der Waals surface area contributed by atoms with E-state index in [0.29, 0.717) is 6.42 Å². The molecule has 0 aromatic heterocycles. The zero-order chi connectivity index (χ0) is 15.3. The van der Waals surface area contributed by atoms with Gasteiger partial charge < -0.3 is 11.3 Å². The minimum atomic E-state index is -0.651. The molecule has 0 bridgehead atoms. The van der Waals surface area contributed by atoms with Gasteiger partial charge in [-0.25, -0.2) is 0 Å². The Kier molecular flexibility index (Phi) is 17.0. The van der Waals surface area contributed by atoms with E-state index in [2.05, 4.69) is 6.92 Å². The molecule has 1 rings (SSSR count). The summed E-state index contributed by atoms with van der Waals surface area (Å²) in [5.41, 5.74) is 1.13. The highest BCUT2D eigenvalue weighted by Crippen LogP contribution is 2.17. The number of hydrogen-bond acceptors (Lipinski definition) is 2. The van der Waals surface area contributed by atoms with Crippen LogP contribution in [0, 0.1) is 5.92 Å². The molecule has 0 saturated carbocycles. The van der Waals surface area contributed by atoms with Crippen molar-refractivity contribution in [3.8, 4) is 0 Å². The first-order valence-electron chi connectivity index (χ1n) is 8.50. The Bertz CT molecular complexity index is 384. The number of rotatable bonds is 12. The van der Waals surface area contributed by atoms with Gasteiger partial charge in [0.15, 0.2) is 0 Å². The van der Waals surface area contributed by atoms with Crippen molar-refractivity contribution in [3.05, 3.63) is 35.9 Å². The van der Waals surface area contributed by atoms with Crippen LogP contribution in [-0.4, -0.2) is 11.1 Å². The third-order valence-corrected chi connectivity index (χ3v) is 4.08. The van der Waals surface area contributed by atoms with Crippen molar-refractivity contribution >= 4 is 23.0 Å². The first-order chi connectivity index (χ1) is 10.2. The maximum Gasteiger partial charge on any atom is 0.306 e. The predicted octanol–water partition coefficient (Wildman–Crippen LogP) is 6.20. The molecule has 0 aliphatic heterocycles. The molecule has 0 saturated heterocycles. The monoisotopic (exact) mass is 387 g/mol. The van der Waals surface area contributed by atoms with Crippen molar-refractivity contribution in [3.63, 3.8) is 0 Å². The molecule has 23 heavy (non-hydrogen) atoms. The molecule has 4 N–H and O–H groups in total. The molecule has 0 fully saturated rings. The molecule has 1 aromatic carbocycles. The normalized spacial score (nSPS) is 11.2. The molecule has 1 aromatic rings. The third kappa shape index (κ3) is 12.2. The van der Waals surface area contributed by atoms with Crippen LogP contribution in [0.1, 0.15) is 70.3 Å². The maximum atomic E-state index is 11.3. The Hall–Kier alpha value is -0.870. The van der Waals surface area contributed by atoms with Gasteiger partial charge in [-0.05, 0) is 18.4 Å². The van der Waals surface area contributed by atoms with E-state index >= 15 is 0 Å². The molecule has 3 nitrogen and oxygen atoms in total. The highest BCUT2D eigenvalue weighted by molar-refractivity contribution is 8.93. The van der Waals surface area contributed by atoms with Crippen LogP contribution in [0.25, 0.3) is 0 Å². The lowest BCUT2D eigenvalue weighted by Gasteiger charge is -2.12. The molecule has 0 radical (unpaired) electrons. The van der Waals surface area contributed by atoms with E-state index in [1.165, 1.54) is 44.9 Å². The van der Waals surface area contributed by atoms with Crippen molar-refractivity contribution in [1.29, 1.82) is 0 Å². The van der Waals surface area contributed by atoms with Gasteiger partial charge in [0.1, 0.15) is 0 Å². The Morgan fingerprint density at radius 2 is 1.48 bits per heavy atom. The second-order valence-electron chi connectivity index (χ2n) is 5.99. The van der Waals surface area contributed by atoms with Crippen molar-refractivity contribution in [2.45, 2.75) is 71.1 Å². The zero-order valence-corrected chi connectivity index (χ0v) is 16.2. The lowest BCUT2D eigenvalue weighted by molar-refractivity contribution is -0.142. The maximum absolute atomic E-state index is 11.3. The topological polar surface area (TPSA) is 72.3 Å². The van der Waals surface area contributed by atoms with Crippen LogP contribution in [0.15, 0.2) is 30.3 Å². The van der Waals surface area contributed by atoms with Gasteiger partial charge >= 0.3 is 5.97 Å². The van der Waals surface area contributed by atoms with E-state index in [1.54, 1.807) is 0 Å². The summed E-state index contributed by atoms with van der Waals surface area (Å²) in [7, 11) is 0. The van der Waals surface area contributed by atoms with Gasteiger partial charge in [0.2, 0.25) is 0 Å². The van der Waals surface area contributed by atoms with Gasteiger partial charge in [0.05, 0.1) is 5.92 Å². The van der Waals surface area contributed by atoms with E-state index in [0.717, 1.165) is 18.4 Å². The number of carboxylic acids is 1. The molecular formula is C19H34BrNO2. The number of hydrogen-bond donors (Lipinski definition) is 2. The largest absolute Gasteiger partial charge is 0.481 e. The highest BCUT2D eigenvalue weighted by atomic mass is 79.9. The van der Waals surface area contributed by atoms with Crippen LogP contribution in [0.4, 0.5) is 0 Å². The van der Waals surface area contributed by atoms with Gasteiger partial charge in [-0.3, -0.25) is 4.79 Å². The lowest BCUT2D eigenvalue weighted by Crippen LogP contribution is -2.16. The number of aliphatic carboxylic acids is 1. The fourth-order valence-electron chi connectivity index (χ4n) is 2.74. The molecule has 4 heteroatoms. The average molecular weight is 388 g/mol. The van der Waals surface area contributed by atoms with Gasteiger partial charge in [0.25, 0.3) is 0 Å². The van der Waals surface area contributed by atoms with E-state index < -0.39 is 5.97 Å². The molecule has 0 aliphatic rings. The minimum absolute atomic E-state index is 0. The average Bonchev–Trinajstić information content (AvgIpc) is 2.49. The van der Waals surface area contributed by atoms with E-state index in [4.69, 9.17) is 0 Å². The Morgan fingerprint density at radius 3 is 2.00 bits per heavy atom. The molecule has 1 atom stereocenters. The van der Waals surface area contributed by atoms with Crippen molar-refractivity contribution < 1.29 is 9.90 Å². The fourth-order valence-corrected chi connectivity index (χ4v) is 2.74. The lowest BCUT2D eigenvalue weighted by atomic mass is 9.93. The smallest absolute Gasteiger partial charge is 0.306 e. The Morgan fingerprint density at radius 1 is 0.957 bits per heavy atom. The molecule has 134 valence electrons. The van der Waals surface area contributed by atoms with Gasteiger partial charge in [-0.15, -0.1) is 17.0 Å². The highest BCUT2D eigenvalue weighted by Gasteiger charge is 2.17. The molecule has 0 spiro atoms. The summed E-state index contributed by atoms with van der Waals surface area (Å²) < 4.78 is 0. The molecule has 0 heterocycles. The summed E-state index contributed by atoms with van der Waals surface area (Å²) in [5, 5.41) is 9.33. The summed E-state index contributed by atoms with van der Waals surface area (Å²) in [6.45, 7) is 2.23. The molecule has 0 amide bonds. The number of halogens is 1. The van der Waals surface area contributed by atoms with E-state index in [-0.39, 0.29) is 29.0 Å². The van der Waals surface area contributed by atoms with Crippen molar-refractivity contribution in [1.82, 2.24) is 6.15 Å². The van der Waals surface area contributed by atoms with Crippen molar-refractivity contribution in [2.75, 3.05) is 0 Å². The van der Waals surface area contributed by atoms with Crippen molar-refractivity contribution in [2.24, 2.45) is 5.92 Å². The predicted molar refractivity (Wildman–Crippen MR) is 104 cm³/mol. The summed E-state index contributed by atoms with van der Waals surface area (Å²) in [6, 6.07) is 9.96. The number of carboxylic acid groups (broad SMARTS) is 1. The molecular weight excluding hydrogens is 354 g/mol. The summed E-state index contributed by atoms with van der Waals surface area (Å²) >= 11 is 0. The fraction of sp³-hybridized carbons (Fsp3) is 0.632. The van der Waals surface area contributed by atoms with E-state index in [1.807, 2.05) is 30.3 Å². The number of unbranched alkanes of at least 4 members (excludes halogenated alkanes) is 7. The van der Waals surface area contributed by atoms with Crippen LogP contribution in [0.3, 0.4) is 0 Å². The third-order valence-electron chi connectivity index (χ3n) is 4.08. The summed E-state index contributed by atoms with van der Waals surface area (Å²) in [4.78, 5) is 11.3. The zero-order valence-electron chi connectivity index (χ0n) is 14.5. The first-order valence-corrected chi connectivity index (χ1v) is 8.50. The van der Waals surface area contributed by atoms with E-state index in [9.17, 15) is 9.90 Å². The second-order valence-corrected chi connectivity index (χ2v) is 5.99. The van der Waals surface area contributed by atoms with Crippen LogP contribution >= 0.6 is 17.0 Å². The quantitative estimate of drug-likeness (QED) is 0.419. The SMILES string of the molecule is Br.CCCCCCCCCCC(Cc1ccccc1)C(=O)O.N.